The van der Waals surface area contributed by atoms with Gasteiger partial charge in [0.05, 0.1) is 50.4 Å². The number of phenols is 2. The number of likely N-dealkylation sites (N-methyl/N-ethyl adjacent to an activating group) is 2. The van der Waals surface area contributed by atoms with Crippen molar-refractivity contribution in [3.8, 4) is 11.5 Å². The first kappa shape index (κ1) is 60.0. The number of phenolic OH excluding ortho intramolecular Hbond substituents is 2. The summed E-state index contributed by atoms with van der Waals surface area (Å²) < 4.78 is 14.4. The fourth-order valence-electron chi connectivity index (χ4n) is 13.3. The molecule has 0 radical (unpaired) electrons. The van der Waals surface area contributed by atoms with Crippen LogP contribution in [0.3, 0.4) is 0 Å². The maximum absolute atomic E-state index is 10.4. The van der Waals surface area contributed by atoms with Gasteiger partial charge in [0, 0.05) is 83.3 Å². The molecular weight excluding hydrogens is 1250 g/mol. The molecule has 86 heavy (non-hydrogen) atoms. The van der Waals surface area contributed by atoms with E-state index in [1.807, 2.05) is 36.4 Å². The lowest BCUT2D eigenvalue weighted by molar-refractivity contribution is 0.321. The topological polar surface area (TPSA) is 236 Å². The van der Waals surface area contributed by atoms with Crippen molar-refractivity contribution in [3.05, 3.63) is 156 Å². The maximum atomic E-state index is 10.4. The Kier molecular flexibility index (Phi) is 18.5. The predicted molar refractivity (Wildman–Crippen MR) is 357 cm³/mol. The van der Waals surface area contributed by atoms with E-state index in [-0.39, 0.29) is 16.6 Å². The number of hydrogen-bond donors (Lipinski definition) is 7. The lowest BCUT2D eigenvalue weighted by Gasteiger charge is -2.32. The van der Waals surface area contributed by atoms with Crippen molar-refractivity contribution in [2.75, 3.05) is 29.2 Å². The summed E-state index contributed by atoms with van der Waals surface area (Å²) in [4.78, 5) is 4.73. The van der Waals surface area contributed by atoms with Crippen molar-refractivity contribution in [2.24, 2.45) is 26.2 Å². The van der Waals surface area contributed by atoms with Crippen LogP contribution in [0.5, 0.6) is 11.5 Å². The molecule has 0 spiro atoms. The molecule has 2 aliphatic heterocycles. The first-order chi connectivity index (χ1) is 41.7. The highest BCUT2D eigenvalue weighted by Crippen LogP contribution is 2.48. The molecule has 2 saturated carbocycles. The fourth-order valence-corrected chi connectivity index (χ4v) is 14.3. The van der Waals surface area contributed by atoms with E-state index in [2.05, 4.69) is 148 Å². The Hall–Kier alpha value is -7.66. The molecule has 0 amide bonds. The van der Waals surface area contributed by atoms with Crippen molar-refractivity contribution in [3.63, 3.8) is 0 Å². The zero-order valence-electron chi connectivity index (χ0n) is 48.4. The second kappa shape index (κ2) is 26.5. The molecule has 5 aromatic carbocycles. The van der Waals surface area contributed by atoms with Gasteiger partial charge in [-0.2, -0.15) is 15.3 Å². The van der Waals surface area contributed by atoms with E-state index in [9.17, 15) is 10.2 Å². The minimum Gasteiger partial charge on any atom is -0.506 e. The molecule has 8 N–H and O–H groups in total. The van der Waals surface area contributed by atoms with Crippen LogP contribution in [0.2, 0.25) is 0 Å². The number of nitrogens with one attached hydrogen (secondary N) is 3. The molecule has 3 aromatic heterocycles. The molecule has 2 fully saturated rings. The summed E-state index contributed by atoms with van der Waals surface area (Å²) >= 11 is 16.9. The summed E-state index contributed by atoms with van der Waals surface area (Å²) in [5.41, 5.74) is 27.8. The Labute approximate surface area is 526 Å². The average Bonchev–Trinajstić information content (AvgIpc) is 2.03. The zero-order chi connectivity index (χ0) is 60.2. The van der Waals surface area contributed by atoms with Crippen molar-refractivity contribution in [2.45, 2.75) is 128 Å². The third kappa shape index (κ3) is 12.6. The number of nitrogens with two attached hydrogens (primary N) is 1. The second-order valence-electron chi connectivity index (χ2n) is 22.6. The van der Waals surface area contributed by atoms with Crippen LogP contribution in [0.15, 0.2) is 130 Å². The number of furan rings is 2. The minimum absolute atomic E-state index is 0.0782. The molecule has 4 unspecified atom stereocenters. The quantitative estimate of drug-likeness (QED) is 0.0355. The van der Waals surface area contributed by atoms with Crippen molar-refractivity contribution in [1.29, 1.82) is 0 Å². The second-order valence-corrected chi connectivity index (χ2v) is 25.1. The zero-order valence-corrected chi connectivity index (χ0v) is 53.2. The number of anilines is 3. The van der Waals surface area contributed by atoms with Gasteiger partial charge in [-0.25, -0.2) is 4.68 Å². The SMILES string of the molecule is Cc1ccc2c(c1)C1CCC/C(=N\NC(=S)Nc3ccccc3)C1N2C.Cc1ccc2c(c1)C1CCC/C(=N\NC(N)=S)C1N2C.O/N=C/c1c(O)c(Br)cc2oc3c(c12)CCCC3.Oc1c(Br)cc2oc3c(c2c1/C=N/n1cnnc1)CCCC3. The van der Waals surface area contributed by atoms with Gasteiger partial charge in [-0.1, -0.05) is 58.7 Å². The van der Waals surface area contributed by atoms with E-state index >= 15 is 0 Å². The van der Waals surface area contributed by atoms with Crippen LogP contribution in [-0.2, 0) is 25.7 Å². The van der Waals surface area contributed by atoms with Gasteiger partial charge in [0.1, 0.15) is 46.8 Å². The normalized spacial score (nSPS) is 20.0. The van der Waals surface area contributed by atoms with E-state index in [1.54, 1.807) is 12.3 Å². The number of aromatic nitrogens is 3. The van der Waals surface area contributed by atoms with Gasteiger partial charge < -0.3 is 45.1 Å². The summed E-state index contributed by atoms with van der Waals surface area (Å²) in [6, 6.07) is 27.7. The first-order valence-corrected chi connectivity index (χ1v) is 31.5. The van der Waals surface area contributed by atoms with Gasteiger partial charge in [-0.3, -0.25) is 10.9 Å². The maximum Gasteiger partial charge on any atom is 0.191 e. The number of rotatable bonds is 6. The van der Waals surface area contributed by atoms with Crippen LogP contribution in [0, 0.1) is 13.8 Å². The molecule has 14 rings (SSSR count). The molecular formula is C64H69Br2N13O5S2. The van der Waals surface area contributed by atoms with E-state index < -0.39 is 0 Å². The summed E-state index contributed by atoms with van der Waals surface area (Å²) in [6.07, 6.45) is 21.0. The first-order valence-electron chi connectivity index (χ1n) is 29.1. The van der Waals surface area contributed by atoms with E-state index in [0.717, 1.165) is 115 Å². The fraction of sp³-hybridized carbons (Fsp3) is 0.344. The molecule has 22 heteroatoms. The van der Waals surface area contributed by atoms with E-state index in [0.29, 0.717) is 49.1 Å². The summed E-state index contributed by atoms with van der Waals surface area (Å²) in [6.45, 7) is 4.32. The Bertz CT molecular complexity index is 3960. The molecule has 0 saturated heterocycles. The highest BCUT2D eigenvalue weighted by molar-refractivity contribution is 9.11. The third-order valence-electron chi connectivity index (χ3n) is 17.1. The van der Waals surface area contributed by atoms with Gasteiger partial charge >= 0.3 is 0 Å². The number of hydrogen-bond acceptors (Lipinski definition) is 15. The standard InChI is InChI=1S/C21H24N4S.C15H13BrN4O2.C15H20N4S.C13H12BrNO3/c1-14-11-12-19-17(13-14)16-9-6-10-18(20(16)25(19)2)23-24-21(26)22-15-7-4-3-5-8-15;16-11-5-13-14(9-3-1-2-4-12(9)22-13)10(15(11)21)6-19-20-7-17-18-8-20;1-9-6-7-13-11(8-9)10-4-3-5-12(14(10)19(13)2)17-18-15(16)20;14-9-5-11-12(8(6-15-17)13(9)16)7-3-1-2-4-10(7)18-11/h3-5,7-8,11-13,16,20H,6,9-10H2,1-2H3,(H2,22,24,26);5-8,21H,1-4H2;6-8,10,14H,3-5H2,1-2H3,(H3,16,18,20);5-6,16-17H,1-4H2/b23-18+;19-6+;17-12+;15-6+. The van der Waals surface area contributed by atoms with Crippen molar-refractivity contribution < 1.29 is 24.3 Å². The Morgan fingerprint density at radius 3 is 1.64 bits per heavy atom. The highest BCUT2D eigenvalue weighted by atomic mass is 79.9. The van der Waals surface area contributed by atoms with Crippen LogP contribution in [0.1, 0.15) is 132 Å². The van der Waals surface area contributed by atoms with Gasteiger partial charge in [0.25, 0.3) is 0 Å². The van der Waals surface area contributed by atoms with E-state index in [4.69, 9.17) is 49.3 Å². The highest BCUT2D eigenvalue weighted by Gasteiger charge is 2.43. The minimum atomic E-state index is 0.0782. The molecule has 6 aliphatic rings. The van der Waals surface area contributed by atoms with Crippen LogP contribution in [0.4, 0.5) is 17.1 Å². The van der Waals surface area contributed by atoms with Crippen LogP contribution >= 0.6 is 56.3 Å². The molecule has 5 heterocycles. The van der Waals surface area contributed by atoms with Gasteiger partial charge in [0.15, 0.2) is 10.2 Å². The average molecular weight is 1320 g/mol. The van der Waals surface area contributed by atoms with Gasteiger partial charge in [-0.05, 0) is 195 Å². The molecule has 446 valence electrons. The Morgan fingerprint density at radius 1 is 0.651 bits per heavy atom. The van der Waals surface area contributed by atoms with E-state index in [1.165, 1.54) is 94.1 Å². The number of thiocarbonyl (C=S) groups is 2. The monoisotopic (exact) mass is 1320 g/mol. The number of para-hydroxylation sites is 1. The number of fused-ring (bicyclic) bond motifs is 12. The third-order valence-corrected chi connectivity index (χ3v) is 18.6. The number of oxime groups is 1. The predicted octanol–water partition coefficient (Wildman–Crippen LogP) is 13.5. The molecule has 0 bridgehead atoms. The number of nitrogens with zero attached hydrogens (tertiary/aromatic N) is 9. The number of aryl methyl sites for hydroxylation is 6. The summed E-state index contributed by atoms with van der Waals surface area (Å²) in [5, 5.41) is 58.8. The number of benzene rings is 5. The number of halogens is 2. The number of hydrazone groups is 2. The Morgan fingerprint density at radius 2 is 1.14 bits per heavy atom. The lowest BCUT2D eigenvalue weighted by Crippen LogP contribution is -2.42. The Balaban J connectivity index is 0.000000120. The van der Waals surface area contributed by atoms with Gasteiger partial charge in [0.2, 0.25) is 0 Å². The van der Waals surface area contributed by atoms with Crippen molar-refractivity contribution >= 4 is 129 Å². The number of aromatic hydroxyl groups is 2. The molecule has 4 atom stereocenters. The van der Waals surface area contributed by atoms with Crippen molar-refractivity contribution in [1.82, 2.24) is 25.7 Å². The summed E-state index contributed by atoms with van der Waals surface area (Å²) in [7, 11) is 4.33. The molecule has 18 nitrogen and oxygen atoms in total. The van der Waals surface area contributed by atoms with Crippen LogP contribution < -0.4 is 31.7 Å². The van der Waals surface area contributed by atoms with Crippen LogP contribution in [-0.4, -0.2) is 90.6 Å². The lowest BCUT2D eigenvalue weighted by atomic mass is 9.81. The summed E-state index contributed by atoms with van der Waals surface area (Å²) in [5.74, 6) is 3.32. The molecule has 4 aliphatic carbocycles. The smallest absolute Gasteiger partial charge is 0.191 e. The van der Waals surface area contributed by atoms with Crippen LogP contribution in [0.25, 0.3) is 21.9 Å². The largest absolute Gasteiger partial charge is 0.506 e. The molecule has 8 aromatic rings. The van der Waals surface area contributed by atoms with Gasteiger partial charge in [-0.15, -0.1) is 10.2 Å².